The molecule has 0 N–H and O–H groups in total. The van der Waals surface area contributed by atoms with E-state index < -0.39 is 4.92 Å². The number of hydrogen-bond donors (Lipinski definition) is 0. The second-order valence-corrected chi connectivity index (χ2v) is 3.22. The van der Waals surface area contributed by atoms with Gasteiger partial charge in [0.15, 0.2) is 0 Å². The number of hydrogen-bond acceptors (Lipinski definition) is 2. The van der Waals surface area contributed by atoms with Gasteiger partial charge >= 0.3 is 0 Å². The average Bonchev–Trinajstić information content (AvgIpc) is 2.08. The molecular weight excluding hydrogens is 190 g/mol. The normalized spacial score (nSPS) is 10.0. The maximum Gasteiger partial charge on any atom is 0.274 e. The number of benzene rings is 1. The molecule has 0 heterocycles. The standard InChI is InChI=1S/C9H10ClNO2/c1-2-3-7-4-5-8(10)6-9(7)11(12)13/h4-6H,2-3H2,1H3. The molecule has 13 heavy (non-hydrogen) atoms. The van der Waals surface area contributed by atoms with Crippen molar-refractivity contribution in [3.63, 3.8) is 0 Å². The first kappa shape index (κ1) is 9.99. The molecule has 0 amide bonds. The summed E-state index contributed by atoms with van der Waals surface area (Å²) in [6, 6.07) is 4.79. The van der Waals surface area contributed by atoms with Crippen LogP contribution in [-0.2, 0) is 6.42 Å². The zero-order valence-electron chi connectivity index (χ0n) is 7.29. The van der Waals surface area contributed by atoms with Gasteiger partial charge in [0.25, 0.3) is 5.69 Å². The van der Waals surface area contributed by atoms with Crippen molar-refractivity contribution < 1.29 is 4.92 Å². The maximum atomic E-state index is 10.6. The molecule has 0 spiro atoms. The summed E-state index contributed by atoms with van der Waals surface area (Å²) in [7, 11) is 0. The third-order valence-corrected chi connectivity index (χ3v) is 2.00. The van der Waals surface area contributed by atoms with Crippen molar-refractivity contribution in [3.05, 3.63) is 38.9 Å². The Morgan fingerprint density at radius 2 is 2.23 bits per heavy atom. The van der Waals surface area contributed by atoms with Gasteiger partial charge in [-0.2, -0.15) is 0 Å². The molecule has 0 aromatic heterocycles. The van der Waals surface area contributed by atoms with Crippen LogP contribution in [0.15, 0.2) is 18.2 Å². The summed E-state index contributed by atoms with van der Waals surface area (Å²) in [4.78, 5) is 10.2. The predicted octanol–water partition coefficient (Wildman–Crippen LogP) is 3.20. The summed E-state index contributed by atoms with van der Waals surface area (Å²) in [5.41, 5.74) is 0.867. The van der Waals surface area contributed by atoms with E-state index in [1.165, 1.54) is 6.07 Å². The fourth-order valence-electron chi connectivity index (χ4n) is 1.19. The topological polar surface area (TPSA) is 43.1 Å². The summed E-state index contributed by atoms with van der Waals surface area (Å²) in [5, 5.41) is 11.0. The highest BCUT2D eigenvalue weighted by atomic mass is 35.5. The molecule has 0 atom stereocenters. The lowest BCUT2D eigenvalue weighted by atomic mass is 10.1. The van der Waals surface area contributed by atoms with E-state index in [0.717, 1.165) is 12.0 Å². The minimum absolute atomic E-state index is 0.120. The Morgan fingerprint density at radius 1 is 1.54 bits per heavy atom. The molecule has 0 unspecified atom stereocenters. The van der Waals surface area contributed by atoms with Crippen molar-refractivity contribution in [2.75, 3.05) is 0 Å². The van der Waals surface area contributed by atoms with Crippen LogP contribution in [0, 0.1) is 10.1 Å². The highest BCUT2D eigenvalue weighted by molar-refractivity contribution is 6.30. The van der Waals surface area contributed by atoms with Crippen LogP contribution in [0.25, 0.3) is 0 Å². The number of nitro groups is 1. The molecule has 0 fully saturated rings. The Morgan fingerprint density at radius 3 is 2.77 bits per heavy atom. The van der Waals surface area contributed by atoms with Gasteiger partial charge in [0, 0.05) is 16.7 Å². The molecule has 1 rings (SSSR count). The Kier molecular flexibility index (Phi) is 3.25. The zero-order valence-corrected chi connectivity index (χ0v) is 8.04. The van der Waals surface area contributed by atoms with Gasteiger partial charge in [0.05, 0.1) is 4.92 Å². The summed E-state index contributed by atoms with van der Waals surface area (Å²) in [5.74, 6) is 0. The number of rotatable bonds is 3. The van der Waals surface area contributed by atoms with Crippen molar-refractivity contribution >= 4 is 17.3 Å². The highest BCUT2D eigenvalue weighted by Crippen LogP contribution is 2.23. The maximum absolute atomic E-state index is 10.6. The molecule has 0 aliphatic carbocycles. The lowest BCUT2D eigenvalue weighted by molar-refractivity contribution is -0.385. The van der Waals surface area contributed by atoms with E-state index in [1.807, 2.05) is 6.92 Å². The second-order valence-electron chi connectivity index (χ2n) is 2.78. The number of nitro benzene ring substituents is 1. The third-order valence-electron chi connectivity index (χ3n) is 1.76. The number of aryl methyl sites for hydroxylation is 1. The molecule has 0 radical (unpaired) electrons. The first-order valence-electron chi connectivity index (χ1n) is 4.08. The van der Waals surface area contributed by atoms with Gasteiger partial charge in [-0.1, -0.05) is 31.0 Å². The van der Waals surface area contributed by atoms with Gasteiger partial charge in [0.2, 0.25) is 0 Å². The molecule has 1 aromatic rings. The quantitative estimate of drug-likeness (QED) is 0.554. The molecule has 3 nitrogen and oxygen atoms in total. The smallest absolute Gasteiger partial charge is 0.258 e. The predicted molar refractivity (Wildman–Crippen MR) is 52.1 cm³/mol. The SMILES string of the molecule is CCCc1ccc(Cl)cc1[N+](=O)[O-]. The van der Waals surface area contributed by atoms with Crippen molar-refractivity contribution in [1.29, 1.82) is 0 Å². The van der Waals surface area contributed by atoms with Crippen LogP contribution in [0.3, 0.4) is 0 Å². The Balaban J connectivity index is 3.10. The largest absolute Gasteiger partial charge is 0.274 e. The lowest BCUT2D eigenvalue weighted by Crippen LogP contribution is -1.94. The van der Waals surface area contributed by atoms with Crippen LogP contribution in [-0.4, -0.2) is 4.92 Å². The van der Waals surface area contributed by atoms with Gasteiger partial charge in [0.1, 0.15) is 0 Å². The fourth-order valence-corrected chi connectivity index (χ4v) is 1.35. The second kappa shape index (κ2) is 4.23. The highest BCUT2D eigenvalue weighted by Gasteiger charge is 2.12. The van der Waals surface area contributed by atoms with Crippen LogP contribution < -0.4 is 0 Å². The summed E-state index contributed by atoms with van der Waals surface area (Å²) in [6.07, 6.45) is 1.61. The van der Waals surface area contributed by atoms with Gasteiger partial charge < -0.3 is 0 Å². The van der Waals surface area contributed by atoms with E-state index in [1.54, 1.807) is 12.1 Å². The van der Waals surface area contributed by atoms with Crippen LogP contribution in [0.4, 0.5) is 5.69 Å². The lowest BCUT2D eigenvalue weighted by Gasteiger charge is -2.00. The molecule has 0 saturated heterocycles. The van der Waals surface area contributed by atoms with Crippen LogP contribution >= 0.6 is 11.6 Å². The number of nitrogens with zero attached hydrogens (tertiary/aromatic N) is 1. The van der Waals surface area contributed by atoms with E-state index in [9.17, 15) is 10.1 Å². The molecule has 4 heteroatoms. The average molecular weight is 200 g/mol. The van der Waals surface area contributed by atoms with Crippen molar-refractivity contribution in [2.45, 2.75) is 19.8 Å². The molecule has 0 saturated carbocycles. The third kappa shape index (κ3) is 2.42. The Hall–Kier alpha value is -1.09. The van der Waals surface area contributed by atoms with Crippen molar-refractivity contribution in [2.24, 2.45) is 0 Å². The van der Waals surface area contributed by atoms with E-state index in [2.05, 4.69) is 0 Å². The molecule has 1 aromatic carbocycles. The van der Waals surface area contributed by atoms with Crippen LogP contribution in [0.5, 0.6) is 0 Å². The van der Waals surface area contributed by atoms with E-state index >= 15 is 0 Å². The van der Waals surface area contributed by atoms with Crippen molar-refractivity contribution in [3.8, 4) is 0 Å². The molecule has 70 valence electrons. The first-order valence-corrected chi connectivity index (χ1v) is 4.45. The Bertz CT molecular complexity index is 325. The molecule has 0 aliphatic heterocycles. The van der Waals surface area contributed by atoms with Gasteiger partial charge in [-0.05, 0) is 12.5 Å². The van der Waals surface area contributed by atoms with E-state index in [0.29, 0.717) is 11.4 Å². The number of halogens is 1. The van der Waals surface area contributed by atoms with Crippen LogP contribution in [0.2, 0.25) is 5.02 Å². The minimum Gasteiger partial charge on any atom is -0.258 e. The van der Waals surface area contributed by atoms with Gasteiger partial charge in [-0.15, -0.1) is 0 Å². The first-order chi connectivity index (χ1) is 6.15. The Labute approximate surface area is 81.5 Å². The monoisotopic (exact) mass is 199 g/mol. The summed E-state index contributed by atoms with van der Waals surface area (Å²) >= 11 is 5.66. The zero-order chi connectivity index (χ0) is 9.84. The van der Waals surface area contributed by atoms with E-state index in [-0.39, 0.29) is 5.69 Å². The fraction of sp³-hybridized carbons (Fsp3) is 0.333. The molecule has 0 bridgehead atoms. The summed E-state index contributed by atoms with van der Waals surface area (Å²) < 4.78 is 0. The van der Waals surface area contributed by atoms with Gasteiger partial charge in [-0.3, -0.25) is 10.1 Å². The molecular formula is C9H10ClNO2. The van der Waals surface area contributed by atoms with Gasteiger partial charge in [-0.25, -0.2) is 0 Å². The van der Waals surface area contributed by atoms with Crippen LogP contribution in [0.1, 0.15) is 18.9 Å². The minimum atomic E-state index is -0.392. The van der Waals surface area contributed by atoms with Crippen molar-refractivity contribution in [1.82, 2.24) is 0 Å². The summed E-state index contributed by atoms with van der Waals surface area (Å²) in [6.45, 7) is 1.98. The molecule has 0 aliphatic rings. The van der Waals surface area contributed by atoms with E-state index in [4.69, 9.17) is 11.6 Å².